The van der Waals surface area contributed by atoms with Gasteiger partial charge in [-0.3, -0.25) is 4.79 Å². The smallest absolute Gasteiger partial charge is 0.406 e. The number of alkyl halides is 3. The van der Waals surface area contributed by atoms with Crippen molar-refractivity contribution in [1.29, 1.82) is 0 Å². The molecule has 130 valence electrons. The second kappa shape index (κ2) is 6.31. The zero-order chi connectivity index (χ0) is 17.3. The number of H-pyrrole nitrogens is 1. The van der Waals surface area contributed by atoms with E-state index in [-0.39, 0.29) is 17.0 Å². The number of aromatic amines is 1. The lowest BCUT2D eigenvalue weighted by Gasteiger charge is -2.29. The van der Waals surface area contributed by atoms with Crippen LogP contribution in [-0.2, 0) is 0 Å². The molecule has 1 aromatic heterocycles. The van der Waals surface area contributed by atoms with Crippen molar-refractivity contribution in [2.24, 2.45) is 0 Å². The van der Waals surface area contributed by atoms with Crippen molar-refractivity contribution in [3.05, 3.63) is 51.8 Å². The summed E-state index contributed by atoms with van der Waals surface area (Å²) in [7, 11) is 0. The Balaban J connectivity index is 1.77. The zero-order valence-electron chi connectivity index (χ0n) is 12.3. The Bertz CT molecular complexity index is 769. The summed E-state index contributed by atoms with van der Waals surface area (Å²) in [5.74, 6) is -0.984. The second-order valence-corrected chi connectivity index (χ2v) is 5.57. The Morgan fingerprint density at radius 2 is 2.04 bits per heavy atom. The summed E-state index contributed by atoms with van der Waals surface area (Å²) in [5, 5.41) is 5.33. The minimum Gasteiger partial charge on any atom is -0.406 e. The lowest BCUT2D eigenvalue weighted by atomic mass is 9.87. The van der Waals surface area contributed by atoms with E-state index in [1.807, 2.05) is 0 Å². The summed E-state index contributed by atoms with van der Waals surface area (Å²) in [5.41, 5.74) is -0.105. The molecule has 3 rings (SSSR count). The van der Waals surface area contributed by atoms with Crippen molar-refractivity contribution in [2.75, 3.05) is 6.54 Å². The van der Waals surface area contributed by atoms with Gasteiger partial charge in [0.25, 0.3) is 5.56 Å². The van der Waals surface area contributed by atoms with Gasteiger partial charge in [-0.2, -0.15) is 5.16 Å². The molecule has 0 spiro atoms. The molecule has 1 saturated heterocycles. The van der Waals surface area contributed by atoms with E-state index in [1.165, 1.54) is 12.1 Å². The Morgan fingerprint density at radius 1 is 1.25 bits per heavy atom. The molecule has 5 nitrogen and oxygen atoms in total. The molecule has 1 fully saturated rings. The monoisotopic (exact) mass is 346 g/mol. The van der Waals surface area contributed by atoms with Gasteiger partial charge in [0.1, 0.15) is 17.3 Å². The molecular weight excluding hydrogens is 332 g/mol. The Hall–Kier alpha value is -2.29. The molecule has 0 saturated carbocycles. The van der Waals surface area contributed by atoms with E-state index in [2.05, 4.69) is 15.2 Å². The van der Waals surface area contributed by atoms with E-state index < -0.39 is 24.0 Å². The van der Waals surface area contributed by atoms with Crippen molar-refractivity contribution in [3.63, 3.8) is 0 Å². The number of nitrogens with one attached hydrogen (secondary N) is 2. The van der Waals surface area contributed by atoms with Gasteiger partial charge >= 0.3 is 6.36 Å². The maximum Gasteiger partial charge on any atom is 0.573 e. The summed E-state index contributed by atoms with van der Waals surface area (Å²) in [6.45, 7) is 0.560. The summed E-state index contributed by atoms with van der Waals surface area (Å²) < 4.78 is 59.5. The average Bonchev–Trinajstić information content (AvgIpc) is 2.92. The molecule has 2 N–H and O–H groups in total. The molecular formula is C15H14F4N2O3. The summed E-state index contributed by atoms with van der Waals surface area (Å²) in [6.07, 6.45) is -3.71. The molecule has 1 aliphatic heterocycles. The predicted octanol–water partition coefficient (Wildman–Crippen LogP) is 3.21. The molecule has 1 aromatic carbocycles. The predicted molar refractivity (Wildman–Crippen MR) is 75.1 cm³/mol. The van der Waals surface area contributed by atoms with Gasteiger partial charge < -0.3 is 14.6 Å². The van der Waals surface area contributed by atoms with Gasteiger partial charge in [0.15, 0.2) is 0 Å². The first-order chi connectivity index (χ1) is 11.3. The first-order valence-electron chi connectivity index (χ1n) is 7.29. The van der Waals surface area contributed by atoms with Crippen LogP contribution in [0.4, 0.5) is 17.6 Å². The van der Waals surface area contributed by atoms with Crippen LogP contribution in [0.25, 0.3) is 0 Å². The highest BCUT2D eigenvalue weighted by Crippen LogP contribution is 2.35. The zero-order valence-corrected chi connectivity index (χ0v) is 12.3. The average molecular weight is 346 g/mol. The van der Waals surface area contributed by atoms with E-state index in [0.717, 1.165) is 6.07 Å². The Kier molecular flexibility index (Phi) is 4.35. The van der Waals surface area contributed by atoms with Gasteiger partial charge in [0.2, 0.25) is 0 Å². The second-order valence-electron chi connectivity index (χ2n) is 5.57. The highest BCUT2D eigenvalue weighted by Gasteiger charge is 2.32. The number of piperidine rings is 1. The fraction of sp³-hybridized carbons (Fsp3) is 0.400. The Morgan fingerprint density at radius 3 is 2.67 bits per heavy atom. The number of rotatable bonds is 3. The van der Waals surface area contributed by atoms with Gasteiger partial charge in [-0.05, 0) is 25.5 Å². The van der Waals surface area contributed by atoms with Crippen LogP contribution in [0.5, 0.6) is 5.75 Å². The largest absolute Gasteiger partial charge is 0.573 e. The number of aromatic nitrogens is 1. The van der Waals surface area contributed by atoms with Crippen LogP contribution in [0.3, 0.4) is 0 Å². The number of benzene rings is 1. The first kappa shape index (κ1) is 16.6. The third kappa shape index (κ3) is 3.78. The van der Waals surface area contributed by atoms with Crippen molar-refractivity contribution in [2.45, 2.75) is 31.2 Å². The third-order valence-electron chi connectivity index (χ3n) is 3.93. The molecule has 9 heteroatoms. The van der Waals surface area contributed by atoms with Crippen LogP contribution in [0.2, 0.25) is 0 Å². The first-order valence-corrected chi connectivity index (χ1v) is 7.29. The quantitative estimate of drug-likeness (QED) is 0.838. The van der Waals surface area contributed by atoms with Crippen molar-refractivity contribution in [3.8, 4) is 5.75 Å². The SMILES string of the molecule is O=c1cc([C@H]2CCN[C@H](c3ccc(OC(F)(F)F)cc3F)C2)o[nH]1. The lowest BCUT2D eigenvalue weighted by Crippen LogP contribution is -2.31. The van der Waals surface area contributed by atoms with E-state index in [4.69, 9.17) is 4.52 Å². The van der Waals surface area contributed by atoms with Gasteiger partial charge in [0.05, 0.1) is 0 Å². The molecule has 0 bridgehead atoms. The minimum atomic E-state index is -4.87. The van der Waals surface area contributed by atoms with Crippen LogP contribution in [-0.4, -0.2) is 18.1 Å². The topological polar surface area (TPSA) is 67.3 Å². The maximum absolute atomic E-state index is 14.2. The number of halogens is 4. The molecule has 0 aliphatic carbocycles. The maximum atomic E-state index is 14.2. The number of hydrogen-bond acceptors (Lipinski definition) is 4. The highest BCUT2D eigenvalue weighted by molar-refractivity contribution is 5.31. The number of ether oxygens (including phenoxy) is 1. The summed E-state index contributed by atoms with van der Waals surface area (Å²) in [6, 6.07) is 4.01. The van der Waals surface area contributed by atoms with E-state index in [0.29, 0.717) is 31.2 Å². The van der Waals surface area contributed by atoms with Crippen LogP contribution in [0.1, 0.15) is 36.1 Å². The van der Waals surface area contributed by atoms with Gasteiger partial charge in [-0.1, -0.05) is 6.07 Å². The minimum absolute atomic E-state index is 0.0827. The normalized spacial score (nSPS) is 21.7. The van der Waals surface area contributed by atoms with E-state index in [9.17, 15) is 22.4 Å². The standard InChI is InChI=1S/C15H14F4N2O3/c16-11-6-9(23-15(17,18)19)1-2-10(11)12-5-8(3-4-20-12)13-7-14(22)21-24-13/h1-2,6-8,12,20H,3-5H2,(H,21,22)/t8-,12-/m0/s1. The van der Waals surface area contributed by atoms with Crippen LogP contribution in [0, 0.1) is 5.82 Å². The van der Waals surface area contributed by atoms with Crippen molar-refractivity contribution >= 4 is 0 Å². The van der Waals surface area contributed by atoms with Gasteiger partial charge in [0, 0.05) is 29.7 Å². The van der Waals surface area contributed by atoms with Crippen LogP contribution >= 0.6 is 0 Å². The molecule has 0 radical (unpaired) electrons. The van der Waals surface area contributed by atoms with Crippen molar-refractivity contribution < 1.29 is 26.8 Å². The molecule has 0 amide bonds. The molecule has 2 atom stereocenters. The summed E-state index contributed by atoms with van der Waals surface area (Å²) in [4.78, 5) is 11.2. The molecule has 1 aliphatic rings. The fourth-order valence-corrected chi connectivity index (χ4v) is 2.90. The van der Waals surface area contributed by atoms with E-state index in [1.54, 1.807) is 0 Å². The summed E-state index contributed by atoms with van der Waals surface area (Å²) >= 11 is 0. The molecule has 2 aromatic rings. The third-order valence-corrected chi connectivity index (χ3v) is 3.93. The molecule has 0 unspecified atom stereocenters. The molecule has 2 heterocycles. The van der Waals surface area contributed by atoms with E-state index >= 15 is 0 Å². The van der Waals surface area contributed by atoms with Crippen LogP contribution < -0.4 is 15.6 Å². The van der Waals surface area contributed by atoms with Crippen LogP contribution in [0.15, 0.2) is 33.6 Å². The number of hydrogen-bond donors (Lipinski definition) is 2. The fourth-order valence-electron chi connectivity index (χ4n) is 2.90. The molecule has 24 heavy (non-hydrogen) atoms. The highest BCUT2D eigenvalue weighted by atomic mass is 19.4. The van der Waals surface area contributed by atoms with Gasteiger partial charge in [-0.25, -0.2) is 4.39 Å². The van der Waals surface area contributed by atoms with Gasteiger partial charge in [-0.15, -0.1) is 13.2 Å². The van der Waals surface area contributed by atoms with Crippen molar-refractivity contribution in [1.82, 2.24) is 10.5 Å². The lowest BCUT2D eigenvalue weighted by molar-refractivity contribution is -0.274. The Labute approximate surface area is 133 Å².